The molecule has 3 nitrogen and oxygen atoms in total. The molecule has 0 aliphatic heterocycles. The van der Waals surface area contributed by atoms with Gasteiger partial charge in [0.15, 0.2) is 0 Å². The van der Waals surface area contributed by atoms with E-state index < -0.39 is 11.9 Å². The molecule has 0 bridgehead atoms. The lowest BCUT2D eigenvalue weighted by atomic mass is 9.69. The molecule has 1 heterocycles. The second kappa shape index (κ2) is 8.61. The van der Waals surface area contributed by atoms with Crippen LogP contribution in [0.15, 0.2) is 18.3 Å². The maximum Gasteiger partial charge on any atom is 0.433 e. The molecular weight excluding hydrogens is 355 g/mol. The van der Waals surface area contributed by atoms with Gasteiger partial charge in [0.05, 0.1) is 12.1 Å². The topological polar surface area (TPSA) is 39.2 Å². The lowest BCUT2D eigenvalue weighted by molar-refractivity contribution is -0.141. The first-order valence-corrected chi connectivity index (χ1v) is 10.1. The van der Waals surface area contributed by atoms with E-state index >= 15 is 0 Å². The van der Waals surface area contributed by atoms with Crippen molar-refractivity contribution < 1.29 is 22.7 Å². The summed E-state index contributed by atoms with van der Waals surface area (Å²) in [5.41, 5.74) is -0.986. The summed E-state index contributed by atoms with van der Waals surface area (Å²) in [6, 6.07) is 2.00. The van der Waals surface area contributed by atoms with E-state index in [4.69, 9.17) is 4.74 Å². The van der Waals surface area contributed by atoms with Gasteiger partial charge in [-0.1, -0.05) is 26.2 Å². The number of hydrogen-bond acceptors (Lipinski definition) is 3. The van der Waals surface area contributed by atoms with Gasteiger partial charge in [-0.2, -0.15) is 13.2 Å². The smallest absolute Gasteiger partial charge is 0.425 e. The molecule has 27 heavy (non-hydrogen) atoms. The summed E-state index contributed by atoms with van der Waals surface area (Å²) in [6.07, 6.45) is 6.79. The summed E-state index contributed by atoms with van der Waals surface area (Å²) in [7, 11) is 0. The van der Waals surface area contributed by atoms with Crippen molar-refractivity contribution in [3.8, 4) is 5.75 Å². The molecule has 1 aromatic rings. The van der Waals surface area contributed by atoms with Gasteiger partial charge in [-0.15, -0.1) is 0 Å². The van der Waals surface area contributed by atoms with E-state index in [-0.39, 0.29) is 17.6 Å². The molecule has 150 valence electrons. The van der Waals surface area contributed by atoms with Crippen molar-refractivity contribution in [1.82, 2.24) is 4.98 Å². The van der Waals surface area contributed by atoms with Gasteiger partial charge < -0.3 is 4.74 Å². The molecule has 0 saturated heterocycles. The van der Waals surface area contributed by atoms with Gasteiger partial charge in [-0.3, -0.25) is 4.79 Å². The summed E-state index contributed by atoms with van der Waals surface area (Å²) in [5, 5.41) is 0. The first-order valence-electron chi connectivity index (χ1n) is 10.1. The van der Waals surface area contributed by atoms with Crippen molar-refractivity contribution in [2.75, 3.05) is 0 Å². The van der Waals surface area contributed by atoms with Crippen LogP contribution >= 0.6 is 0 Å². The molecule has 0 aromatic carbocycles. The number of nitrogens with zero attached hydrogens (tertiary/aromatic N) is 1. The molecule has 3 rings (SSSR count). The molecular formula is C21H28F3NO2. The highest BCUT2D eigenvalue weighted by Gasteiger charge is 2.34. The summed E-state index contributed by atoms with van der Waals surface area (Å²) >= 11 is 0. The van der Waals surface area contributed by atoms with Crippen molar-refractivity contribution >= 4 is 5.97 Å². The largest absolute Gasteiger partial charge is 0.433 e. The van der Waals surface area contributed by atoms with Gasteiger partial charge in [0.2, 0.25) is 0 Å². The van der Waals surface area contributed by atoms with Gasteiger partial charge >= 0.3 is 12.1 Å². The monoisotopic (exact) mass is 383 g/mol. The number of rotatable bonds is 4. The second-order valence-corrected chi connectivity index (χ2v) is 8.10. The second-order valence-electron chi connectivity index (χ2n) is 8.10. The molecule has 2 saturated carbocycles. The number of esters is 1. The van der Waals surface area contributed by atoms with Gasteiger partial charge in [0.25, 0.3) is 0 Å². The molecule has 0 radical (unpaired) electrons. The fourth-order valence-corrected chi connectivity index (χ4v) is 4.70. The van der Waals surface area contributed by atoms with E-state index in [1.54, 1.807) is 0 Å². The van der Waals surface area contributed by atoms with Crippen LogP contribution in [-0.2, 0) is 11.0 Å². The quantitative estimate of drug-likeness (QED) is 0.596. The third-order valence-corrected chi connectivity index (χ3v) is 6.49. The van der Waals surface area contributed by atoms with Crippen molar-refractivity contribution in [2.45, 2.75) is 70.9 Å². The normalized spacial score (nSPS) is 29.3. The molecule has 0 N–H and O–H groups in total. The molecule has 1 aromatic heterocycles. The Morgan fingerprint density at radius 1 is 1.04 bits per heavy atom. The molecule has 0 atom stereocenters. The Morgan fingerprint density at radius 2 is 1.63 bits per heavy atom. The zero-order valence-electron chi connectivity index (χ0n) is 15.8. The standard InChI is InChI=1S/C21H28F3NO2/c1-2-14-3-5-15(6-4-14)16-7-9-17(10-8-16)20(26)27-18-11-12-19(25-13-18)21(22,23)24/h11-17H,2-10H2,1H3. The van der Waals surface area contributed by atoms with Crippen LogP contribution in [0.2, 0.25) is 0 Å². The van der Waals surface area contributed by atoms with Gasteiger partial charge in [-0.05, 0) is 68.4 Å². The van der Waals surface area contributed by atoms with Crippen LogP contribution in [0.25, 0.3) is 0 Å². The van der Waals surface area contributed by atoms with Crippen LogP contribution in [0.5, 0.6) is 5.75 Å². The summed E-state index contributed by atoms with van der Waals surface area (Å²) < 4.78 is 42.9. The maximum atomic E-state index is 12.5. The Hall–Kier alpha value is -1.59. The van der Waals surface area contributed by atoms with Crippen LogP contribution in [0.4, 0.5) is 13.2 Å². The van der Waals surface area contributed by atoms with Crippen LogP contribution in [-0.4, -0.2) is 11.0 Å². The van der Waals surface area contributed by atoms with Crippen LogP contribution < -0.4 is 4.74 Å². The van der Waals surface area contributed by atoms with E-state index in [9.17, 15) is 18.0 Å². The predicted molar refractivity (Wildman–Crippen MR) is 96.1 cm³/mol. The Labute approximate surface area is 158 Å². The zero-order chi connectivity index (χ0) is 19.4. The van der Waals surface area contributed by atoms with Crippen molar-refractivity contribution in [3.63, 3.8) is 0 Å². The SMILES string of the molecule is CCC1CCC(C2CCC(C(=O)Oc3ccc(C(F)(F)F)nc3)CC2)CC1. The fraction of sp³-hybridized carbons (Fsp3) is 0.714. The lowest BCUT2D eigenvalue weighted by Gasteiger charge is -2.37. The molecule has 2 aliphatic rings. The summed E-state index contributed by atoms with van der Waals surface area (Å²) in [6.45, 7) is 2.27. The highest BCUT2D eigenvalue weighted by atomic mass is 19.4. The van der Waals surface area contributed by atoms with E-state index in [1.165, 1.54) is 32.1 Å². The maximum absolute atomic E-state index is 12.5. The molecule has 2 aliphatic carbocycles. The minimum atomic E-state index is -4.49. The number of pyridine rings is 1. The third kappa shape index (κ3) is 5.23. The minimum absolute atomic E-state index is 0.0769. The third-order valence-electron chi connectivity index (χ3n) is 6.49. The van der Waals surface area contributed by atoms with Crippen molar-refractivity contribution in [2.24, 2.45) is 23.7 Å². The van der Waals surface area contributed by atoms with Gasteiger partial charge in [0.1, 0.15) is 11.4 Å². The Bertz CT molecular complexity index is 613. The Morgan fingerprint density at radius 3 is 2.11 bits per heavy atom. The first-order chi connectivity index (χ1) is 12.9. The molecule has 2 fully saturated rings. The number of ether oxygens (including phenoxy) is 1. The van der Waals surface area contributed by atoms with E-state index in [1.807, 2.05) is 0 Å². The number of aromatic nitrogens is 1. The van der Waals surface area contributed by atoms with Crippen LogP contribution in [0.3, 0.4) is 0 Å². The minimum Gasteiger partial charge on any atom is -0.425 e. The molecule has 0 unspecified atom stereocenters. The summed E-state index contributed by atoms with van der Waals surface area (Å²) in [5.74, 6) is 1.97. The van der Waals surface area contributed by atoms with Crippen LogP contribution in [0, 0.1) is 23.7 Å². The first kappa shape index (κ1) is 20.2. The molecule has 6 heteroatoms. The zero-order valence-corrected chi connectivity index (χ0v) is 15.8. The van der Waals surface area contributed by atoms with E-state index in [2.05, 4.69) is 11.9 Å². The average molecular weight is 383 g/mol. The van der Waals surface area contributed by atoms with Crippen molar-refractivity contribution in [3.05, 3.63) is 24.0 Å². The van der Waals surface area contributed by atoms with Gasteiger partial charge in [0, 0.05) is 0 Å². The number of alkyl halides is 3. The number of hydrogen-bond donors (Lipinski definition) is 0. The highest BCUT2D eigenvalue weighted by Crippen LogP contribution is 2.42. The van der Waals surface area contributed by atoms with Crippen LogP contribution in [0.1, 0.15) is 70.4 Å². The lowest BCUT2D eigenvalue weighted by Crippen LogP contribution is -2.30. The van der Waals surface area contributed by atoms with Crippen molar-refractivity contribution in [1.29, 1.82) is 0 Å². The molecule has 0 amide bonds. The average Bonchev–Trinajstić information content (AvgIpc) is 2.68. The molecule has 0 spiro atoms. The number of carbonyl (C=O) groups is 1. The Kier molecular flexibility index (Phi) is 6.43. The number of halogens is 3. The highest BCUT2D eigenvalue weighted by molar-refractivity contribution is 5.75. The number of carbonyl (C=O) groups excluding carboxylic acids is 1. The fourth-order valence-electron chi connectivity index (χ4n) is 4.70. The van der Waals surface area contributed by atoms with E-state index in [0.717, 1.165) is 55.8 Å². The van der Waals surface area contributed by atoms with Gasteiger partial charge in [-0.25, -0.2) is 4.98 Å². The Balaban J connectivity index is 1.46. The summed E-state index contributed by atoms with van der Waals surface area (Å²) in [4.78, 5) is 15.7. The predicted octanol–water partition coefficient (Wildman–Crippen LogP) is 6.03. The van der Waals surface area contributed by atoms with E-state index in [0.29, 0.717) is 5.92 Å².